The van der Waals surface area contributed by atoms with Gasteiger partial charge in [0.2, 0.25) is 0 Å². The van der Waals surface area contributed by atoms with E-state index in [1.807, 2.05) is 77.4 Å². The molecule has 4 rings (SSSR count). The molecule has 0 spiro atoms. The molecule has 0 fully saturated rings. The highest BCUT2D eigenvalue weighted by Gasteiger charge is 2.22. The van der Waals surface area contributed by atoms with Crippen molar-refractivity contribution in [1.29, 1.82) is 0 Å². The molecule has 0 saturated carbocycles. The number of aliphatic hydroxyl groups is 1. The number of phenolic OH excluding ortho intramolecular Hbond substituents is 1. The Morgan fingerprint density at radius 1 is 0.741 bits per heavy atom. The van der Waals surface area contributed by atoms with E-state index in [9.17, 15) is 10.2 Å². The van der Waals surface area contributed by atoms with E-state index in [1.165, 1.54) is 0 Å². The van der Waals surface area contributed by atoms with Crippen LogP contribution in [0.15, 0.2) is 84.9 Å². The van der Waals surface area contributed by atoms with E-state index in [1.54, 1.807) is 12.1 Å². The first kappa shape index (κ1) is 17.1. The number of nitrogens with zero attached hydrogens (tertiary/aromatic N) is 2. The molecule has 4 heteroatoms. The highest BCUT2D eigenvalue weighted by Crippen LogP contribution is 2.38. The summed E-state index contributed by atoms with van der Waals surface area (Å²) in [6.45, 7) is 0.360. The van der Waals surface area contributed by atoms with Crippen molar-refractivity contribution in [1.82, 2.24) is 9.55 Å². The van der Waals surface area contributed by atoms with Crippen molar-refractivity contribution in [2.75, 3.05) is 6.61 Å². The Kier molecular flexibility index (Phi) is 4.73. The Labute approximate surface area is 158 Å². The van der Waals surface area contributed by atoms with Gasteiger partial charge >= 0.3 is 0 Å². The van der Waals surface area contributed by atoms with Gasteiger partial charge in [0.05, 0.1) is 23.6 Å². The van der Waals surface area contributed by atoms with Crippen LogP contribution in [0.1, 0.15) is 0 Å². The van der Waals surface area contributed by atoms with Crippen LogP contribution in [0, 0.1) is 0 Å². The maximum atomic E-state index is 10.4. The van der Waals surface area contributed by atoms with Gasteiger partial charge in [-0.1, -0.05) is 72.8 Å². The van der Waals surface area contributed by atoms with Crippen LogP contribution in [0.5, 0.6) is 5.75 Å². The largest absolute Gasteiger partial charge is 0.507 e. The zero-order valence-electron chi connectivity index (χ0n) is 14.8. The minimum absolute atomic E-state index is 0.0228. The van der Waals surface area contributed by atoms with Gasteiger partial charge in [-0.05, 0) is 12.1 Å². The van der Waals surface area contributed by atoms with E-state index in [4.69, 9.17) is 4.98 Å². The lowest BCUT2D eigenvalue weighted by molar-refractivity contribution is 0.277. The predicted molar refractivity (Wildman–Crippen MR) is 107 cm³/mol. The number of benzene rings is 3. The third-order valence-corrected chi connectivity index (χ3v) is 4.53. The Morgan fingerprint density at radius 2 is 1.33 bits per heavy atom. The molecular formula is C23H20N2O2. The highest BCUT2D eigenvalue weighted by molar-refractivity contribution is 5.83. The normalized spacial score (nSPS) is 10.9. The third-order valence-electron chi connectivity index (χ3n) is 4.53. The molecule has 134 valence electrons. The summed E-state index contributed by atoms with van der Waals surface area (Å²) in [5.41, 5.74) is 4.40. The summed E-state index contributed by atoms with van der Waals surface area (Å²) in [5, 5.41) is 20.1. The molecule has 0 amide bonds. The fourth-order valence-corrected chi connectivity index (χ4v) is 3.32. The van der Waals surface area contributed by atoms with Crippen molar-refractivity contribution < 1.29 is 10.2 Å². The Bertz CT molecular complexity index is 1040. The topological polar surface area (TPSA) is 58.3 Å². The molecule has 1 heterocycles. The Hall–Kier alpha value is -3.37. The number of imidazole rings is 1. The molecule has 0 atom stereocenters. The quantitative estimate of drug-likeness (QED) is 0.550. The van der Waals surface area contributed by atoms with Gasteiger partial charge in [0.1, 0.15) is 11.6 Å². The average molecular weight is 356 g/mol. The Morgan fingerprint density at radius 3 is 1.96 bits per heavy atom. The van der Waals surface area contributed by atoms with Crippen molar-refractivity contribution in [2.24, 2.45) is 0 Å². The van der Waals surface area contributed by atoms with Crippen molar-refractivity contribution in [2.45, 2.75) is 6.54 Å². The van der Waals surface area contributed by atoms with Gasteiger partial charge in [-0.15, -0.1) is 0 Å². The molecule has 4 nitrogen and oxygen atoms in total. The summed E-state index contributed by atoms with van der Waals surface area (Å²) in [6, 6.07) is 27.1. The van der Waals surface area contributed by atoms with Gasteiger partial charge in [-0.2, -0.15) is 0 Å². The molecule has 2 N–H and O–H groups in total. The van der Waals surface area contributed by atoms with Crippen molar-refractivity contribution in [3.63, 3.8) is 0 Å². The number of hydrogen-bond acceptors (Lipinski definition) is 3. The van der Waals surface area contributed by atoms with E-state index >= 15 is 0 Å². The first-order valence-corrected chi connectivity index (χ1v) is 8.90. The predicted octanol–water partition coefficient (Wildman–Crippen LogP) is 4.58. The van der Waals surface area contributed by atoms with Gasteiger partial charge in [-0.25, -0.2) is 4.98 Å². The third kappa shape index (κ3) is 3.23. The molecule has 0 aliphatic heterocycles. The van der Waals surface area contributed by atoms with Gasteiger partial charge in [-0.3, -0.25) is 0 Å². The minimum Gasteiger partial charge on any atom is -0.507 e. The molecule has 27 heavy (non-hydrogen) atoms. The summed E-state index contributed by atoms with van der Waals surface area (Å²) in [7, 11) is 0. The van der Waals surface area contributed by atoms with Crippen LogP contribution in [-0.4, -0.2) is 26.4 Å². The second-order valence-corrected chi connectivity index (χ2v) is 6.26. The second-order valence-electron chi connectivity index (χ2n) is 6.26. The Balaban J connectivity index is 2.04. The lowest BCUT2D eigenvalue weighted by atomic mass is 10.0. The zero-order valence-corrected chi connectivity index (χ0v) is 14.8. The van der Waals surface area contributed by atoms with E-state index in [0.29, 0.717) is 17.9 Å². The summed E-state index contributed by atoms with van der Waals surface area (Å²) in [5.74, 6) is 0.806. The number of para-hydroxylation sites is 1. The van der Waals surface area contributed by atoms with Crippen LogP contribution >= 0.6 is 0 Å². The molecule has 1 aromatic heterocycles. The second kappa shape index (κ2) is 7.48. The molecule has 0 saturated heterocycles. The SMILES string of the molecule is OCCn1c(-c2ccccc2O)nc(-c2ccccc2)c1-c1ccccc1. The van der Waals surface area contributed by atoms with Gasteiger partial charge in [0.15, 0.2) is 0 Å². The summed E-state index contributed by atoms with van der Waals surface area (Å²) in [4.78, 5) is 4.90. The molecule has 0 bridgehead atoms. The number of phenols is 1. The van der Waals surface area contributed by atoms with Crippen LogP contribution in [-0.2, 0) is 6.54 Å². The van der Waals surface area contributed by atoms with E-state index < -0.39 is 0 Å². The van der Waals surface area contributed by atoms with E-state index in [0.717, 1.165) is 22.5 Å². The molecule has 3 aromatic carbocycles. The number of hydrogen-bond donors (Lipinski definition) is 2. The standard InChI is InChI=1S/C23H20N2O2/c26-16-15-25-22(18-11-5-2-6-12-18)21(17-9-3-1-4-10-17)24-23(25)19-13-7-8-14-20(19)27/h1-14,26-27H,15-16H2. The average Bonchev–Trinajstić information content (AvgIpc) is 3.09. The number of rotatable bonds is 5. The number of aromatic hydroxyl groups is 1. The van der Waals surface area contributed by atoms with Crippen LogP contribution in [0.2, 0.25) is 0 Å². The maximum absolute atomic E-state index is 10.4. The lowest BCUT2D eigenvalue weighted by Crippen LogP contribution is -2.06. The van der Waals surface area contributed by atoms with E-state index in [2.05, 4.69) is 0 Å². The summed E-state index contributed by atoms with van der Waals surface area (Å²) >= 11 is 0. The van der Waals surface area contributed by atoms with Crippen LogP contribution < -0.4 is 0 Å². The monoisotopic (exact) mass is 356 g/mol. The smallest absolute Gasteiger partial charge is 0.144 e. The van der Waals surface area contributed by atoms with Gasteiger partial charge in [0, 0.05) is 17.7 Å². The molecular weight excluding hydrogens is 336 g/mol. The number of aliphatic hydroxyl groups excluding tert-OH is 1. The van der Waals surface area contributed by atoms with Crippen molar-refractivity contribution in [3.8, 4) is 39.7 Å². The zero-order chi connectivity index (χ0) is 18.6. The van der Waals surface area contributed by atoms with Gasteiger partial charge < -0.3 is 14.8 Å². The van der Waals surface area contributed by atoms with E-state index in [-0.39, 0.29) is 12.4 Å². The van der Waals surface area contributed by atoms with Crippen LogP contribution in [0.3, 0.4) is 0 Å². The molecule has 0 aliphatic carbocycles. The fraction of sp³-hybridized carbons (Fsp3) is 0.0870. The lowest BCUT2D eigenvalue weighted by Gasteiger charge is -2.12. The maximum Gasteiger partial charge on any atom is 0.144 e. The molecule has 0 aliphatic rings. The first-order valence-electron chi connectivity index (χ1n) is 8.90. The summed E-state index contributed by atoms with van der Waals surface area (Å²) < 4.78 is 1.98. The molecule has 0 radical (unpaired) electrons. The first-order chi connectivity index (χ1) is 13.3. The summed E-state index contributed by atoms with van der Waals surface area (Å²) in [6.07, 6.45) is 0. The van der Waals surface area contributed by atoms with Crippen molar-refractivity contribution >= 4 is 0 Å². The minimum atomic E-state index is -0.0228. The number of aromatic nitrogens is 2. The fourth-order valence-electron chi connectivity index (χ4n) is 3.32. The van der Waals surface area contributed by atoms with Crippen molar-refractivity contribution in [3.05, 3.63) is 84.9 Å². The highest BCUT2D eigenvalue weighted by atomic mass is 16.3. The molecule has 0 unspecified atom stereocenters. The van der Waals surface area contributed by atoms with Crippen LogP contribution in [0.25, 0.3) is 33.9 Å². The van der Waals surface area contributed by atoms with Gasteiger partial charge in [0.25, 0.3) is 0 Å². The van der Waals surface area contributed by atoms with Crippen LogP contribution in [0.4, 0.5) is 0 Å². The molecule has 4 aromatic rings.